The Kier molecular flexibility index (Phi) is 12.6. The third-order valence-electron chi connectivity index (χ3n) is 14.5. The molecule has 2 heterocycles. The number of aromatic nitrogens is 6. The van der Waals surface area contributed by atoms with E-state index in [2.05, 4.69) is 193 Å². The molecule has 12 aromatic rings. The van der Waals surface area contributed by atoms with Gasteiger partial charge in [0.1, 0.15) is 0 Å². The highest BCUT2D eigenvalue weighted by Gasteiger charge is 2.28. The first-order valence-corrected chi connectivity index (χ1v) is 25.9. The molecule has 7 nitrogen and oxygen atoms in total. The maximum Gasteiger partial charge on any atom is 0.241 e. The van der Waals surface area contributed by atoms with Gasteiger partial charge in [-0.25, -0.2) is 14.9 Å². The van der Waals surface area contributed by atoms with Gasteiger partial charge >= 0.3 is 0 Å². The Bertz CT molecular complexity index is 4010. The number of fused-ring (bicyclic) bond motifs is 2. The highest BCUT2D eigenvalue weighted by molar-refractivity contribution is 6.03. The summed E-state index contributed by atoms with van der Waals surface area (Å²) >= 11 is 0. The maximum atomic E-state index is 5.55. The average molecular weight is 982 g/mol. The van der Waals surface area contributed by atoms with Crippen LogP contribution in [0.15, 0.2) is 218 Å². The Morgan fingerprint density at radius 3 is 1.28 bits per heavy atom. The van der Waals surface area contributed by atoms with Crippen LogP contribution in [0.25, 0.3) is 78.2 Å². The molecule has 0 N–H and O–H groups in total. The Balaban J connectivity index is 1.14. The van der Waals surface area contributed by atoms with Crippen LogP contribution in [-0.4, -0.2) is 29.9 Å². The zero-order chi connectivity index (χ0) is 51.9. The van der Waals surface area contributed by atoms with E-state index in [-0.39, 0.29) is 5.92 Å². The molecule has 0 bridgehead atoms. The van der Waals surface area contributed by atoms with Gasteiger partial charge in [0, 0.05) is 33.7 Å². The van der Waals surface area contributed by atoms with Crippen LogP contribution in [0, 0.1) is 41.5 Å². The summed E-state index contributed by atoms with van der Waals surface area (Å²) in [6.45, 7) is 13.3. The first-order chi connectivity index (χ1) is 37.1. The van der Waals surface area contributed by atoms with E-state index in [1.807, 2.05) is 71.6 Å². The van der Waals surface area contributed by atoms with Crippen LogP contribution >= 0.6 is 0 Å². The van der Waals surface area contributed by atoms with E-state index in [4.69, 9.17) is 29.9 Å². The molecule has 0 aliphatic rings. The normalized spacial score (nSPS) is 11.4. The summed E-state index contributed by atoms with van der Waals surface area (Å²) in [7, 11) is 0. The lowest BCUT2D eigenvalue weighted by molar-refractivity contribution is 0.917. The molecule has 0 aliphatic heterocycles. The Hall–Kier alpha value is -9.46. The molecule has 0 fully saturated rings. The topological polar surface area (TPSA) is 80.6 Å². The minimum Gasteiger partial charge on any atom is -0.246 e. The number of aryl methyl sites for hydroxylation is 6. The molecule has 0 aliphatic carbocycles. The zero-order valence-electron chi connectivity index (χ0n) is 43.5. The van der Waals surface area contributed by atoms with Crippen LogP contribution in [-0.2, 0) is 0 Å². The fraction of sp³-hybridized carbons (Fsp3) is 0.101. The van der Waals surface area contributed by atoms with E-state index in [0.717, 1.165) is 66.2 Å². The Morgan fingerprint density at radius 1 is 0.329 bits per heavy atom. The lowest BCUT2D eigenvalue weighted by Crippen LogP contribution is -2.19. The Labute approximate surface area is 444 Å². The molecule has 0 spiro atoms. The number of anilines is 3. The van der Waals surface area contributed by atoms with Gasteiger partial charge in [-0.1, -0.05) is 211 Å². The van der Waals surface area contributed by atoms with Crippen molar-refractivity contribution in [2.45, 2.75) is 47.5 Å². The van der Waals surface area contributed by atoms with Gasteiger partial charge in [-0.05, 0) is 126 Å². The SMILES string of the molecule is Cc1cc(C)c(C(c2ccc(N(c3nc(-c4ccccc4)nc(-c4ccc5ccccc5c4-c4ccccc4)n3)c3nc(-c4ccccc4)nc(-c4cccc5ccccc45)n3)cc2)c2c(C)cc(C)cc2C)c(C)c1. The fourth-order valence-electron chi connectivity index (χ4n) is 11.3. The molecule has 12 rings (SSSR count). The molecular weight excluding hydrogens is 927 g/mol. The van der Waals surface area contributed by atoms with Crippen LogP contribution in [0.4, 0.5) is 17.6 Å². The standard InChI is InChI=1S/C69H55N7/c1-43-39-45(3)60(46(4)40-43)63(61-47(5)41-44(2)42-48(61)6)52-33-36-55(37-34-52)76(68-72-64(53-25-12-8-13-26-53)70-66(74-68)58-32-20-29-49-21-16-18-30-56(49)58)69-73-65(54-27-14-9-15-28-54)71-67(75-69)59-38-35-50-22-17-19-31-57(50)62(59)51-23-10-7-11-24-51/h7-42,63H,1-6H3. The van der Waals surface area contributed by atoms with Crippen molar-refractivity contribution >= 4 is 39.1 Å². The van der Waals surface area contributed by atoms with Crippen molar-refractivity contribution in [2.75, 3.05) is 4.90 Å². The van der Waals surface area contributed by atoms with Crippen molar-refractivity contribution in [2.24, 2.45) is 0 Å². The smallest absolute Gasteiger partial charge is 0.241 e. The molecule has 76 heavy (non-hydrogen) atoms. The number of nitrogens with zero attached hydrogens (tertiary/aromatic N) is 7. The highest BCUT2D eigenvalue weighted by Crippen LogP contribution is 2.43. The summed E-state index contributed by atoms with van der Waals surface area (Å²) in [5.74, 6) is 2.73. The monoisotopic (exact) mass is 981 g/mol. The van der Waals surface area contributed by atoms with Crippen molar-refractivity contribution in [3.8, 4) is 56.7 Å². The van der Waals surface area contributed by atoms with E-state index in [9.17, 15) is 0 Å². The zero-order valence-corrected chi connectivity index (χ0v) is 43.5. The van der Waals surface area contributed by atoms with E-state index in [1.165, 1.54) is 44.5 Å². The van der Waals surface area contributed by atoms with Crippen molar-refractivity contribution in [1.82, 2.24) is 29.9 Å². The first-order valence-electron chi connectivity index (χ1n) is 25.9. The van der Waals surface area contributed by atoms with Gasteiger partial charge in [-0.15, -0.1) is 0 Å². The van der Waals surface area contributed by atoms with Crippen LogP contribution in [0.1, 0.15) is 56.0 Å². The van der Waals surface area contributed by atoms with Crippen LogP contribution in [0.2, 0.25) is 0 Å². The quantitative estimate of drug-likeness (QED) is 0.119. The van der Waals surface area contributed by atoms with Gasteiger partial charge < -0.3 is 0 Å². The summed E-state index contributed by atoms with van der Waals surface area (Å²) in [6.07, 6.45) is 0. The second-order valence-corrected chi connectivity index (χ2v) is 19.9. The van der Waals surface area contributed by atoms with E-state index in [0.29, 0.717) is 35.2 Å². The summed E-state index contributed by atoms with van der Waals surface area (Å²) in [6, 6.07) is 76.2. The summed E-state index contributed by atoms with van der Waals surface area (Å²) in [4.78, 5) is 34.4. The van der Waals surface area contributed by atoms with Gasteiger partial charge in [-0.3, -0.25) is 0 Å². The third-order valence-corrected chi connectivity index (χ3v) is 14.5. The summed E-state index contributed by atoms with van der Waals surface area (Å²) in [5.41, 5.74) is 17.7. The van der Waals surface area contributed by atoms with E-state index in [1.54, 1.807) is 0 Å². The summed E-state index contributed by atoms with van der Waals surface area (Å²) in [5, 5.41) is 4.33. The largest absolute Gasteiger partial charge is 0.246 e. The highest BCUT2D eigenvalue weighted by atomic mass is 15.4. The molecule has 0 radical (unpaired) electrons. The minimum atomic E-state index is -0.0405. The molecule has 10 aromatic carbocycles. The molecule has 2 aromatic heterocycles. The maximum absolute atomic E-state index is 5.55. The molecule has 0 unspecified atom stereocenters. The molecule has 366 valence electrons. The van der Waals surface area contributed by atoms with Crippen LogP contribution in [0.5, 0.6) is 0 Å². The molecule has 0 atom stereocenters. The minimum absolute atomic E-state index is 0.0405. The van der Waals surface area contributed by atoms with Gasteiger partial charge in [0.05, 0.1) is 5.69 Å². The van der Waals surface area contributed by atoms with Crippen molar-refractivity contribution in [3.63, 3.8) is 0 Å². The van der Waals surface area contributed by atoms with Crippen LogP contribution < -0.4 is 4.90 Å². The number of rotatable bonds is 11. The lowest BCUT2D eigenvalue weighted by atomic mass is 9.77. The van der Waals surface area contributed by atoms with Gasteiger partial charge in [-0.2, -0.15) is 19.9 Å². The lowest BCUT2D eigenvalue weighted by Gasteiger charge is -2.28. The molecule has 0 saturated carbocycles. The predicted octanol–water partition coefficient (Wildman–Crippen LogP) is 17.2. The molecular formula is C69H55N7. The van der Waals surface area contributed by atoms with Gasteiger partial charge in [0.2, 0.25) is 11.9 Å². The van der Waals surface area contributed by atoms with E-state index < -0.39 is 0 Å². The molecule has 7 heteroatoms. The number of hydrogen-bond acceptors (Lipinski definition) is 7. The van der Waals surface area contributed by atoms with Crippen molar-refractivity contribution < 1.29 is 0 Å². The van der Waals surface area contributed by atoms with Crippen LogP contribution in [0.3, 0.4) is 0 Å². The molecule has 0 saturated heterocycles. The van der Waals surface area contributed by atoms with Crippen molar-refractivity contribution in [1.29, 1.82) is 0 Å². The van der Waals surface area contributed by atoms with Gasteiger partial charge in [0.15, 0.2) is 23.3 Å². The Morgan fingerprint density at radius 2 is 0.750 bits per heavy atom. The molecule has 0 amide bonds. The third kappa shape index (κ3) is 9.07. The first kappa shape index (κ1) is 47.5. The second-order valence-electron chi connectivity index (χ2n) is 19.9. The van der Waals surface area contributed by atoms with E-state index >= 15 is 0 Å². The van der Waals surface area contributed by atoms with Crippen molar-refractivity contribution in [3.05, 3.63) is 268 Å². The predicted molar refractivity (Wildman–Crippen MR) is 312 cm³/mol. The number of hydrogen-bond donors (Lipinski definition) is 0. The van der Waals surface area contributed by atoms with Gasteiger partial charge in [0.25, 0.3) is 0 Å². The fourth-order valence-corrected chi connectivity index (χ4v) is 11.3. The average Bonchev–Trinajstić information content (AvgIpc) is 3.52. The number of benzene rings is 10. The second kappa shape index (κ2) is 20.1. The summed E-state index contributed by atoms with van der Waals surface area (Å²) < 4.78 is 0.